The third-order valence-electron chi connectivity index (χ3n) is 2.07. The summed E-state index contributed by atoms with van der Waals surface area (Å²) < 4.78 is 0. The maximum absolute atomic E-state index is 5.62. The Morgan fingerprint density at radius 3 is 2.75 bits per heavy atom. The number of hydrogen-bond acceptors (Lipinski definition) is 1. The first kappa shape index (κ1) is 10.6. The lowest BCUT2D eigenvalue weighted by atomic mass is 10.3. The zero-order valence-electron chi connectivity index (χ0n) is 7.39. The van der Waals surface area contributed by atoms with Gasteiger partial charge in [-0.1, -0.05) is 27.5 Å². The maximum atomic E-state index is 5.62. The minimum atomic E-state index is 0.828. The highest BCUT2D eigenvalue weighted by Gasteiger charge is 2.27. The van der Waals surface area contributed by atoms with Crippen molar-refractivity contribution in [3.63, 3.8) is 0 Å². The van der Waals surface area contributed by atoms with Gasteiger partial charge < -0.3 is 0 Å². The van der Waals surface area contributed by atoms with E-state index >= 15 is 0 Å². The largest absolute Gasteiger partial charge is 0.296 e. The summed E-state index contributed by atoms with van der Waals surface area (Å²) in [6.07, 6.45) is 2.73. The molecule has 0 atom stereocenters. The van der Waals surface area contributed by atoms with E-state index in [4.69, 9.17) is 11.6 Å². The first-order chi connectivity index (χ1) is 5.77. The van der Waals surface area contributed by atoms with E-state index in [0.29, 0.717) is 0 Å². The smallest absolute Gasteiger partial charge is 0.0205 e. The summed E-state index contributed by atoms with van der Waals surface area (Å²) in [7, 11) is 0. The summed E-state index contributed by atoms with van der Waals surface area (Å²) in [5, 5.41) is 1.05. The van der Waals surface area contributed by atoms with Gasteiger partial charge in [-0.15, -0.1) is 0 Å². The standard InChI is InChI=1S/C9H15BrClN/c1-8(6-11)7-12(5-4-10)9-2-3-9/h6,9H,2-5,7H2,1H3. The van der Waals surface area contributed by atoms with Crippen LogP contribution in [0, 0.1) is 0 Å². The van der Waals surface area contributed by atoms with E-state index in [1.807, 2.05) is 0 Å². The van der Waals surface area contributed by atoms with Gasteiger partial charge in [0.1, 0.15) is 0 Å². The van der Waals surface area contributed by atoms with Crippen LogP contribution in [0.3, 0.4) is 0 Å². The Morgan fingerprint density at radius 2 is 2.33 bits per heavy atom. The maximum Gasteiger partial charge on any atom is 0.0205 e. The van der Waals surface area contributed by atoms with Crippen LogP contribution in [-0.4, -0.2) is 29.4 Å². The van der Waals surface area contributed by atoms with Gasteiger partial charge in [0.2, 0.25) is 0 Å². The average molecular weight is 253 g/mol. The molecule has 0 aromatic heterocycles. The molecule has 0 aliphatic heterocycles. The van der Waals surface area contributed by atoms with Gasteiger partial charge in [-0.25, -0.2) is 0 Å². The molecule has 70 valence electrons. The minimum Gasteiger partial charge on any atom is -0.296 e. The second kappa shape index (κ2) is 5.25. The van der Waals surface area contributed by atoms with Gasteiger partial charge in [0.25, 0.3) is 0 Å². The predicted molar refractivity (Wildman–Crippen MR) is 58.0 cm³/mol. The fourth-order valence-corrected chi connectivity index (χ4v) is 1.82. The quantitative estimate of drug-likeness (QED) is 0.680. The van der Waals surface area contributed by atoms with Crippen LogP contribution in [0.2, 0.25) is 0 Å². The molecule has 1 nitrogen and oxygen atoms in total. The Morgan fingerprint density at radius 1 is 1.67 bits per heavy atom. The van der Waals surface area contributed by atoms with E-state index in [-0.39, 0.29) is 0 Å². The SMILES string of the molecule is CC(=CCl)CN(CCBr)C1CC1. The van der Waals surface area contributed by atoms with Crippen molar-refractivity contribution >= 4 is 27.5 Å². The van der Waals surface area contributed by atoms with Crippen LogP contribution in [0.5, 0.6) is 0 Å². The molecule has 1 fully saturated rings. The second-order valence-electron chi connectivity index (χ2n) is 3.35. The van der Waals surface area contributed by atoms with Crippen molar-refractivity contribution < 1.29 is 0 Å². The molecular formula is C9H15BrClN. The Kier molecular flexibility index (Phi) is 4.62. The van der Waals surface area contributed by atoms with E-state index in [9.17, 15) is 0 Å². The van der Waals surface area contributed by atoms with Gasteiger partial charge >= 0.3 is 0 Å². The summed E-state index contributed by atoms with van der Waals surface area (Å²) in [5.41, 5.74) is 2.94. The number of rotatable bonds is 5. The Hall–Kier alpha value is 0.470. The summed E-state index contributed by atoms with van der Waals surface area (Å²) in [5.74, 6) is 0. The first-order valence-electron chi connectivity index (χ1n) is 4.33. The number of nitrogens with zero attached hydrogens (tertiary/aromatic N) is 1. The molecule has 1 aliphatic carbocycles. The van der Waals surface area contributed by atoms with Crippen LogP contribution in [0.4, 0.5) is 0 Å². The van der Waals surface area contributed by atoms with E-state index in [1.54, 1.807) is 5.54 Å². The molecule has 0 N–H and O–H groups in total. The predicted octanol–water partition coefficient (Wildman–Crippen LogP) is 2.99. The average Bonchev–Trinajstić information content (AvgIpc) is 2.86. The normalized spacial score (nSPS) is 18.8. The van der Waals surface area contributed by atoms with Crippen LogP contribution in [-0.2, 0) is 0 Å². The highest BCUT2D eigenvalue weighted by Crippen LogP contribution is 2.27. The van der Waals surface area contributed by atoms with Gasteiger partial charge in [-0.05, 0) is 25.3 Å². The first-order valence-corrected chi connectivity index (χ1v) is 5.89. The zero-order valence-corrected chi connectivity index (χ0v) is 9.74. The molecule has 0 heterocycles. The number of hydrogen-bond donors (Lipinski definition) is 0. The summed E-state index contributed by atoms with van der Waals surface area (Å²) in [6, 6.07) is 0.828. The van der Waals surface area contributed by atoms with Gasteiger partial charge in [0.05, 0.1) is 0 Å². The van der Waals surface area contributed by atoms with E-state index in [0.717, 1.165) is 24.5 Å². The van der Waals surface area contributed by atoms with E-state index in [1.165, 1.54) is 18.4 Å². The molecule has 1 rings (SSSR count). The minimum absolute atomic E-state index is 0.828. The molecule has 0 unspecified atom stereocenters. The highest BCUT2D eigenvalue weighted by atomic mass is 79.9. The molecule has 1 saturated carbocycles. The number of halogens is 2. The molecule has 0 aromatic rings. The van der Waals surface area contributed by atoms with Gasteiger partial charge in [0.15, 0.2) is 0 Å². The third kappa shape index (κ3) is 3.46. The van der Waals surface area contributed by atoms with Crippen molar-refractivity contribution in [2.24, 2.45) is 0 Å². The van der Waals surface area contributed by atoms with Crippen LogP contribution in [0.15, 0.2) is 11.1 Å². The van der Waals surface area contributed by atoms with E-state index in [2.05, 4.69) is 27.8 Å². The molecular weight excluding hydrogens is 237 g/mol. The molecule has 0 bridgehead atoms. The van der Waals surface area contributed by atoms with Crippen molar-refractivity contribution in [3.05, 3.63) is 11.1 Å². The van der Waals surface area contributed by atoms with Crippen molar-refractivity contribution in [3.8, 4) is 0 Å². The fourth-order valence-electron chi connectivity index (χ4n) is 1.29. The summed E-state index contributed by atoms with van der Waals surface area (Å²) in [6.45, 7) is 4.24. The van der Waals surface area contributed by atoms with Crippen molar-refractivity contribution in [2.75, 3.05) is 18.4 Å². The van der Waals surface area contributed by atoms with Crippen molar-refractivity contribution in [1.29, 1.82) is 0 Å². The molecule has 0 amide bonds. The summed E-state index contributed by atoms with van der Waals surface area (Å²) >= 11 is 9.08. The van der Waals surface area contributed by atoms with Crippen LogP contribution in [0.1, 0.15) is 19.8 Å². The lowest BCUT2D eigenvalue weighted by Crippen LogP contribution is -2.29. The lowest BCUT2D eigenvalue weighted by molar-refractivity contribution is 0.305. The molecule has 12 heavy (non-hydrogen) atoms. The summed E-state index contributed by atoms with van der Waals surface area (Å²) in [4.78, 5) is 2.49. The molecule has 0 saturated heterocycles. The van der Waals surface area contributed by atoms with Crippen molar-refractivity contribution in [1.82, 2.24) is 4.90 Å². The molecule has 1 aliphatic rings. The topological polar surface area (TPSA) is 3.24 Å². The molecule has 3 heteroatoms. The van der Waals surface area contributed by atoms with Crippen LogP contribution < -0.4 is 0 Å². The molecule has 0 radical (unpaired) electrons. The van der Waals surface area contributed by atoms with Gasteiger partial charge in [-0.3, -0.25) is 4.90 Å². The third-order valence-corrected chi connectivity index (χ3v) is 2.80. The number of alkyl halides is 1. The molecule has 0 spiro atoms. The van der Waals surface area contributed by atoms with Gasteiger partial charge in [-0.2, -0.15) is 0 Å². The highest BCUT2D eigenvalue weighted by molar-refractivity contribution is 9.09. The van der Waals surface area contributed by atoms with E-state index < -0.39 is 0 Å². The lowest BCUT2D eigenvalue weighted by Gasteiger charge is -2.20. The molecule has 0 aromatic carbocycles. The monoisotopic (exact) mass is 251 g/mol. The van der Waals surface area contributed by atoms with Crippen molar-refractivity contribution in [2.45, 2.75) is 25.8 Å². The Labute approximate surface area is 87.9 Å². The van der Waals surface area contributed by atoms with Crippen LogP contribution in [0.25, 0.3) is 0 Å². The van der Waals surface area contributed by atoms with Gasteiger partial charge in [0, 0.05) is 30.0 Å². The zero-order chi connectivity index (χ0) is 8.97. The Balaban J connectivity index is 2.32. The Bertz CT molecular complexity index is 166. The second-order valence-corrected chi connectivity index (χ2v) is 4.36. The van der Waals surface area contributed by atoms with Crippen LogP contribution >= 0.6 is 27.5 Å². The fraction of sp³-hybridized carbons (Fsp3) is 0.778.